The quantitative estimate of drug-likeness (QED) is 0.796. The Morgan fingerprint density at radius 1 is 1.35 bits per heavy atom. The van der Waals surface area contributed by atoms with E-state index in [9.17, 15) is 0 Å². The molecule has 2 aliphatic rings. The maximum atomic E-state index is 6.20. The van der Waals surface area contributed by atoms with E-state index in [0.29, 0.717) is 6.61 Å². The number of nitrogens with zero attached hydrogens (tertiary/aromatic N) is 4. The average molecular weight is 356 g/mol. The number of hydrogen-bond acceptors (Lipinski definition) is 5. The molecule has 1 unspecified atom stereocenters. The molecule has 2 fully saturated rings. The van der Waals surface area contributed by atoms with Gasteiger partial charge in [0, 0.05) is 63.4 Å². The number of pyridine rings is 1. The van der Waals surface area contributed by atoms with Crippen LogP contribution in [0.4, 0.5) is 0 Å². The lowest BCUT2D eigenvalue weighted by Crippen LogP contribution is -2.65. The van der Waals surface area contributed by atoms with Crippen LogP contribution in [0.2, 0.25) is 0 Å². The van der Waals surface area contributed by atoms with Crippen molar-refractivity contribution in [3.05, 3.63) is 47.5 Å². The predicted molar refractivity (Wildman–Crippen MR) is 98.6 cm³/mol. The summed E-state index contributed by atoms with van der Waals surface area (Å²) in [7, 11) is 0. The van der Waals surface area contributed by atoms with Gasteiger partial charge in [0.1, 0.15) is 0 Å². The molecule has 2 aromatic heterocycles. The van der Waals surface area contributed by atoms with Gasteiger partial charge in [-0.3, -0.25) is 14.6 Å². The molecule has 0 radical (unpaired) electrons. The number of aromatic nitrogens is 3. The standard InChI is InChI=1S/C20H28N4O2/c1-3-24-12-17(9-22-24)11-23-14-20(15-23)8-19(5-7-26-20)25-13-18-10-21-6-4-16(18)2/h4,6,9-10,12,19H,3,5,7-8,11,13-15H2,1-2H3. The molecule has 2 aliphatic heterocycles. The lowest BCUT2D eigenvalue weighted by atomic mass is 9.84. The van der Waals surface area contributed by atoms with Gasteiger partial charge in [-0.15, -0.1) is 0 Å². The van der Waals surface area contributed by atoms with E-state index in [1.807, 2.05) is 29.3 Å². The van der Waals surface area contributed by atoms with Crippen LogP contribution in [-0.4, -0.2) is 51.1 Å². The molecule has 1 atom stereocenters. The van der Waals surface area contributed by atoms with Crippen LogP contribution in [0, 0.1) is 6.92 Å². The van der Waals surface area contributed by atoms with Crippen LogP contribution < -0.4 is 0 Å². The van der Waals surface area contributed by atoms with E-state index < -0.39 is 0 Å². The summed E-state index contributed by atoms with van der Waals surface area (Å²) in [4.78, 5) is 6.64. The van der Waals surface area contributed by atoms with Crippen molar-refractivity contribution < 1.29 is 9.47 Å². The topological polar surface area (TPSA) is 52.4 Å². The van der Waals surface area contributed by atoms with Gasteiger partial charge in [0.15, 0.2) is 0 Å². The van der Waals surface area contributed by atoms with Crippen LogP contribution in [-0.2, 0) is 29.2 Å². The summed E-state index contributed by atoms with van der Waals surface area (Å²) >= 11 is 0. The molecular formula is C20H28N4O2. The van der Waals surface area contributed by atoms with Gasteiger partial charge in [-0.2, -0.15) is 5.10 Å². The van der Waals surface area contributed by atoms with Crippen molar-refractivity contribution in [1.82, 2.24) is 19.7 Å². The molecule has 140 valence electrons. The van der Waals surface area contributed by atoms with E-state index >= 15 is 0 Å². The van der Waals surface area contributed by atoms with Crippen molar-refractivity contribution in [3.63, 3.8) is 0 Å². The van der Waals surface area contributed by atoms with Gasteiger partial charge in [0.25, 0.3) is 0 Å². The third kappa shape index (κ3) is 3.82. The lowest BCUT2D eigenvalue weighted by molar-refractivity contribution is -0.200. The maximum absolute atomic E-state index is 6.20. The second kappa shape index (κ2) is 7.47. The van der Waals surface area contributed by atoms with Crippen molar-refractivity contribution in [2.45, 2.75) is 58.1 Å². The Morgan fingerprint density at radius 3 is 3.00 bits per heavy atom. The molecule has 2 aromatic rings. The molecule has 26 heavy (non-hydrogen) atoms. The van der Waals surface area contributed by atoms with Gasteiger partial charge < -0.3 is 9.47 Å². The summed E-state index contributed by atoms with van der Waals surface area (Å²) in [5.41, 5.74) is 3.67. The molecule has 0 N–H and O–H groups in total. The Balaban J connectivity index is 1.27. The van der Waals surface area contributed by atoms with Crippen molar-refractivity contribution in [3.8, 4) is 0 Å². The van der Waals surface area contributed by atoms with Crippen LogP contribution >= 0.6 is 0 Å². The highest BCUT2D eigenvalue weighted by Crippen LogP contribution is 2.36. The van der Waals surface area contributed by atoms with E-state index in [2.05, 4.69) is 35.0 Å². The zero-order chi connectivity index (χ0) is 18.0. The highest BCUT2D eigenvalue weighted by atomic mass is 16.5. The minimum Gasteiger partial charge on any atom is -0.373 e. The lowest BCUT2D eigenvalue weighted by Gasteiger charge is -2.53. The van der Waals surface area contributed by atoms with E-state index in [4.69, 9.17) is 9.47 Å². The second-order valence-corrected chi connectivity index (χ2v) is 7.61. The first-order chi connectivity index (χ1) is 12.7. The number of rotatable bonds is 6. The Morgan fingerprint density at radius 2 is 2.23 bits per heavy atom. The Bertz CT molecular complexity index is 739. The van der Waals surface area contributed by atoms with Crippen LogP contribution in [0.3, 0.4) is 0 Å². The normalized spacial score (nSPS) is 22.5. The molecule has 4 rings (SSSR count). The van der Waals surface area contributed by atoms with Gasteiger partial charge in [0.2, 0.25) is 0 Å². The summed E-state index contributed by atoms with van der Waals surface area (Å²) in [5.74, 6) is 0. The number of hydrogen-bond donors (Lipinski definition) is 0. The van der Waals surface area contributed by atoms with Crippen LogP contribution in [0.25, 0.3) is 0 Å². The van der Waals surface area contributed by atoms with Gasteiger partial charge in [-0.1, -0.05) is 0 Å². The van der Waals surface area contributed by atoms with Gasteiger partial charge in [-0.25, -0.2) is 0 Å². The predicted octanol–water partition coefficient (Wildman–Crippen LogP) is 2.56. The van der Waals surface area contributed by atoms with Crippen molar-refractivity contribution in [2.75, 3.05) is 19.7 Å². The summed E-state index contributed by atoms with van der Waals surface area (Å²) in [5, 5.41) is 4.36. The molecule has 6 nitrogen and oxygen atoms in total. The second-order valence-electron chi connectivity index (χ2n) is 7.61. The summed E-state index contributed by atoms with van der Waals surface area (Å²) in [6.07, 6.45) is 10.1. The zero-order valence-electron chi connectivity index (χ0n) is 15.7. The molecule has 0 amide bonds. The first-order valence-electron chi connectivity index (χ1n) is 9.54. The van der Waals surface area contributed by atoms with E-state index in [1.165, 1.54) is 16.7 Å². The highest BCUT2D eigenvalue weighted by molar-refractivity contribution is 5.20. The molecule has 6 heteroatoms. The van der Waals surface area contributed by atoms with E-state index in [0.717, 1.165) is 45.6 Å². The molecule has 0 aromatic carbocycles. The molecule has 0 aliphatic carbocycles. The fourth-order valence-electron chi connectivity index (χ4n) is 4.00. The van der Waals surface area contributed by atoms with Gasteiger partial charge in [-0.05, 0) is 37.5 Å². The minimum atomic E-state index is -0.0202. The molecule has 0 saturated carbocycles. The molecule has 4 heterocycles. The Kier molecular flexibility index (Phi) is 5.07. The first kappa shape index (κ1) is 17.6. The first-order valence-corrected chi connectivity index (χ1v) is 9.54. The summed E-state index contributed by atoms with van der Waals surface area (Å²) in [6, 6.07) is 2.04. The SMILES string of the molecule is CCn1cc(CN2CC3(CC(OCc4cnccc4C)CCO3)C2)cn1. The largest absolute Gasteiger partial charge is 0.373 e. The fraction of sp³-hybridized carbons (Fsp3) is 0.600. The average Bonchev–Trinajstić information content (AvgIpc) is 3.08. The number of aryl methyl sites for hydroxylation is 2. The molecule has 2 saturated heterocycles. The van der Waals surface area contributed by atoms with E-state index in [1.54, 1.807) is 0 Å². The van der Waals surface area contributed by atoms with Gasteiger partial charge >= 0.3 is 0 Å². The minimum absolute atomic E-state index is 0.0202. The third-order valence-corrected chi connectivity index (χ3v) is 5.51. The smallest absolute Gasteiger partial charge is 0.0959 e. The molecule has 1 spiro atoms. The van der Waals surface area contributed by atoms with Crippen molar-refractivity contribution in [2.24, 2.45) is 0 Å². The van der Waals surface area contributed by atoms with Crippen LogP contribution in [0.15, 0.2) is 30.9 Å². The fourth-order valence-corrected chi connectivity index (χ4v) is 4.00. The molecule has 0 bridgehead atoms. The summed E-state index contributed by atoms with van der Waals surface area (Å²) < 4.78 is 14.3. The van der Waals surface area contributed by atoms with Crippen LogP contribution in [0.5, 0.6) is 0 Å². The maximum Gasteiger partial charge on any atom is 0.0959 e. The number of likely N-dealkylation sites (tertiary alicyclic amines) is 1. The Hall–Kier alpha value is -1.76. The highest BCUT2D eigenvalue weighted by Gasteiger charge is 2.47. The van der Waals surface area contributed by atoms with Gasteiger partial charge in [0.05, 0.1) is 24.5 Å². The number of ether oxygens (including phenoxy) is 2. The zero-order valence-corrected chi connectivity index (χ0v) is 15.7. The molecular weight excluding hydrogens is 328 g/mol. The third-order valence-electron chi connectivity index (χ3n) is 5.51. The van der Waals surface area contributed by atoms with Crippen molar-refractivity contribution >= 4 is 0 Å². The Labute approximate surface area is 155 Å². The van der Waals surface area contributed by atoms with Crippen molar-refractivity contribution in [1.29, 1.82) is 0 Å². The monoisotopic (exact) mass is 356 g/mol. The summed E-state index contributed by atoms with van der Waals surface area (Å²) in [6.45, 7) is 9.48. The van der Waals surface area contributed by atoms with Crippen LogP contribution in [0.1, 0.15) is 36.5 Å². The van der Waals surface area contributed by atoms with E-state index in [-0.39, 0.29) is 11.7 Å².